The Kier molecular flexibility index (Phi) is 6.25. The van der Waals surface area contributed by atoms with E-state index in [9.17, 15) is 9.59 Å². The molecule has 1 aliphatic heterocycles. The van der Waals surface area contributed by atoms with Crippen LogP contribution in [0.2, 0.25) is 5.02 Å². The van der Waals surface area contributed by atoms with Crippen molar-refractivity contribution < 1.29 is 9.59 Å². The molecular formula is C22H26ClN3O2. The van der Waals surface area contributed by atoms with Crippen LogP contribution >= 0.6 is 11.6 Å². The summed E-state index contributed by atoms with van der Waals surface area (Å²) in [7, 11) is 1.74. The molecule has 6 heteroatoms. The van der Waals surface area contributed by atoms with Gasteiger partial charge in [-0.2, -0.15) is 0 Å². The third-order valence-electron chi connectivity index (χ3n) is 4.96. The van der Waals surface area contributed by atoms with Crippen LogP contribution in [-0.4, -0.2) is 29.8 Å². The predicted octanol–water partition coefficient (Wildman–Crippen LogP) is 4.00. The molecule has 0 aliphatic carbocycles. The number of likely N-dealkylation sites (tertiary alicyclic amines) is 1. The van der Waals surface area contributed by atoms with Crippen LogP contribution in [0.25, 0.3) is 0 Å². The van der Waals surface area contributed by atoms with Crippen LogP contribution < -0.4 is 10.6 Å². The zero-order valence-corrected chi connectivity index (χ0v) is 17.2. The zero-order chi connectivity index (χ0) is 20.3. The van der Waals surface area contributed by atoms with E-state index in [1.807, 2.05) is 42.5 Å². The van der Waals surface area contributed by atoms with Crippen molar-refractivity contribution in [3.63, 3.8) is 0 Å². The number of halogens is 1. The Morgan fingerprint density at radius 1 is 1.21 bits per heavy atom. The Morgan fingerprint density at radius 2 is 1.96 bits per heavy atom. The number of rotatable bonds is 6. The van der Waals surface area contributed by atoms with Gasteiger partial charge in [-0.15, -0.1) is 0 Å². The molecule has 0 aromatic heterocycles. The minimum absolute atomic E-state index is 0.0340. The lowest BCUT2D eigenvalue weighted by Gasteiger charge is -2.25. The fourth-order valence-corrected chi connectivity index (χ4v) is 3.87. The normalized spacial score (nSPS) is 19.2. The quantitative estimate of drug-likeness (QED) is 0.771. The summed E-state index contributed by atoms with van der Waals surface area (Å²) in [4.78, 5) is 26.8. The van der Waals surface area contributed by atoms with Gasteiger partial charge in [-0.25, -0.2) is 0 Å². The molecule has 0 spiro atoms. The van der Waals surface area contributed by atoms with Gasteiger partial charge in [0.1, 0.15) is 0 Å². The first-order chi connectivity index (χ1) is 13.3. The van der Waals surface area contributed by atoms with Crippen molar-refractivity contribution in [2.24, 2.45) is 5.92 Å². The number of nitrogens with zero attached hydrogens (tertiary/aromatic N) is 1. The highest BCUT2D eigenvalue weighted by Gasteiger charge is 2.42. The van der Waals surface area contributed by atoms with Crippen LogP contribution in [0.1, 0.15) is 37.4 Å². The second-order valence-corrected chi connectivity index (χ2v) is 7.97. The molecule has 1 aliphatic rings. The van der Waals surface area contributed by atoms with E-state index in [-0.39, 0.29) is 24.3 Å². The van der Waals surface area contributed by atoms with Crippen LogP contribution in [0.3, 0.4) is 0 Å². The average molecular weight is 400 g/mol. The van der Waals surface area contributed by atoms with Gasteiger partial charge >= 0.3 is 0 Å². The summed E-state index contributed by atoms with van der Waals surface area (Å²) >= 11 is 6.12. The van der Waals surface area contributed by atoms with Gasteiger partial charge in [0.05, 0.1) is 12.0 Å². The maximum Gasteiger partial charge on any atom is 0.226 e. The van der Waals surface area contributed by atoms with Crippen molar-refractivity contribution in [1.29, 1.82) is 0 Å². The molecule has 1 fully saturated rings. The van der Waals surface area contributed by atoms with Crippen molar-refractivity contribution in [2.45, 2.75) is 38.9 Å². The highest BCUT2D eigenvalue weighted by atomic mass is 35.5. The fraction of sp³-hybridized carbons (Fsp3) is 0.364. The third kappa shape index (κ3) is 4.65. The summed E-state index contributed by atoms with van der Waals surface area (Å²) in [5.41, 5.74) is 2.91. The van der Waals surface area contributed by atoms with Crippen LogP contribution in [0.4, 0.5) is 5.69 Å². The average Bonchev–Trinajstić information content (AvgIpc) is 2.94. The smallest absolute Gasteiger partial charge is 0.226 e. The second-order valence-electron chi connectivity index (χ2n) is 7.53. The number of amides is 2. The molecule has 148 valence electrons. The van der Waals surface area contributed by atoms with Gasteiger partial charge in [-0.3, -0.25) is 9.59 Å². The molecule has 2 amide bonds. The first-order valence-electron chi connectivity index (χ1n) is 9.49. The highest BCUT2D eigenvalue weighted by molar-refractivity contribution is 6.30. The second kappa shape index (κ2) is 8.65. The molecule has 28 heavy (non-hydrogen) atoms. The maximum absolute atomic E-state index is 12.9. The molecule has 2 aromatic carbocycles. The van der Waals surface area contributed by atoms with Crippen LogP contribution in [0.5, 0.6) is 0 Å². The van der Waals surface area contributed by atoms with E-state index >= 15 is 0 Å². The van der Waals surface area contributed by atoms with Crippen molar-refractivity contribution in [3.8, 4) is 0 Å². The van der Waals surface area contributed by atoms with Crippen LogP contribution in [0, 0.1) is 5.92 Å². The molecule has 2 aromatic rings. The van der Waals surface area contributed by atoms with Gasteiger partial charge in [0.25, 0.3) is 0 Å². The maximum atomic E-state index is 12.9. The lowest BCUT2D eigenvalue weighted by Crippen LogP contribution is -2.34. The van der Waals surface area contributed by atoms with E-state index in [2.05, 4.69) is 24.5 Å². The van der Waals surface area contributed by atoms with Crippen molar-refractivity contribution in [3.05, 3.63) is 64.7 Å². The monoisotopic (exact) mass is 399 g/mol. The predicted molar refractivity (Wildman–Crippen MR) is 112 cm³/mol. The summed E-state index contributed by atoms with van der Waals surface area (Å²) in [5, 5.41) is 6.95. The Hall–Kier alpha value is -2.53. The van der Waals surface area contributed by atoms with E-state index in [1.54, 1.807) is 18.0 Å². The summed E-state index contributed by atoms with van der Waals surface area (Å²) in [5.74, 6) is -0.592. The van der Waals surface area contributed by atoms with Crippen LogP contribution in [0.15, 0.2) is 48.5 Å². The Labute approximate surface area is 171 Å². The molecule has 2 N–H and O–H groups in total. The van der Waals surface area contributed by atoms with E-state index in [0.717, 1.165) is 16.8 Å². The van der Waals surface area contributed by atoms with Crippen molar-refractivity contribution in [1.82, 2.24) is 10.2 Å². The number of benzene rings is 2. The highest BCUT2D eigenvalue weighted by Crippen LogP contribution is 2.37. The lowest BCUT2D eigenvalue weighted by atomic mass is 9.93. The Bertz CT molecular complexity index is 868. The van der Waals surface area contributed by atoms with Gasteiger partial charge in [0, 0.05) is 36.8 Å². The minimum Gasteiger partial charge on any atom is -0.383 e. The van der Waals surface area contributed by atoms with Crippen LogP contribution in [-0.2, 0) is 16.1 Å². The minimum atomic E-state index is -0.437. The molecule has 3 rings (SSSR count). The first kappa shape index (κ1) is 20.2. The molecular weight excluding hydrogens is 374 g/mol. The molecule has 1 saturated heterocycles. The summed E-state index contributed by atoms with van der Waals surface area (Å²) in [6, 6.07) is 15.4. The number of anilines is 1. The number of carbonyl (C=O) groups excluding carboxylic acids is 2. The largest absolute Gasteiger partial charge is 0.383 e. The number of nitrogens with one attached hydrogen (secondary N) is 2. The molecule has 5 nitrogen and oxygen atoms in total. The number of hydrogen-bond acceptors (Lipinski definition) is 3. The number of carbonyl (C=O) groups is 2. The molecule has 0 bridgehead atoms. The van der Waals surface area contributed by atoms with Gasteiger partial charge < -0.3 is 15.5 Å². The zero-order valence-electron chi connectivity index (χ0n) is 16.4. The van der Waals surface area contributed by atoms with Crippen molar-refractivity contribution in [2.75, 3.05) is 12.4 Å². The Balaban J connectivity index is 1.71. The molecule has 0 radical (unpaired) electrons. The summed E-state index contributed by atoms with van der Waals surface area (Å²) < 4.78 is 0. The van der Waals surface area contributed by atoms with Gasteiger partial charge in [-0.1, -0.05) is 35.9 Å². The van der Waals surface area contributed by atoms with Gasteiger partial charge in [0.15, 0.2) is 0 Å². The standard InChI is InChI=1S/C22H26ClN3O2/c1-14(2)25-18-9-4-6-15(10-18)13-24-22(28)19-12-20(27)26(3)21(19)16-7-5-8-17(23)11-16/h4-11,14,19,21,25H,12-13H2,1-3H3,(H,24,28)/t19-,21-/m1/s1. The fourth-order valence-electron chi connectivity index (χ4n) is 3.68. The first-order valence-corrected chi connectivity index (χ1v) is 9.87. The molecule has 0 unspecified atom stereocenters. The Morgan fingerprint density at radius 3 is 2.68 bits per heavy atom. The topological polar surface area (TPSA) is 61.4 Å². The SMILES string of the molecule is CC(C)Nc1cccc(CNC(=O)[C@@H]2CC(=O)N(C)[C@@H]2c2cccc(Cl)c2)c1. The van der Waals surface area contributed by atoms with Gasteiger partial charge in [-0.05, 0) is 49.2 Å². The van der Waals surface area contributed by atoms with Crippen molar-refractivity contribution >= 4 is 29.1 Å². The van der Waals surface area contributed by atoms with E-state index in [4.69, 9.17) is 11.6 Å². The number of hydrogen-bond donors (Lipinski definition) is 2. The molecule has 2 atom stereocenters. The van der Waals surface area contributed by atoms with E-state index in [1.165, 1.54) is 0 Å². The molecule has 1 heterocycles. The summed E-state index contributed by atoms with van der Waals surface area (Å²) in [6.45, 7) is 4.58. The van der Waals surface area contributed by atoms with Gasteiger partial charge in [0.2, 0.25) is 11.8 Å². The van der Waals surface area contributed by atoms with E-state index in [0.29, 0.717) is 17.6 Å². The lowest BCUT2D eigenvalue weighted by molar-refractivity contribution is -0.128. The van der Waals surface area contributed by atoms with E-state index < -0.39 is 5.92 Å². The summed E-state index contributed by atoms with van der Waals surface area (Å²) in [6.07, 6.45) is 0.203. The third-order valence-corrected chi connectivity index (χ3v) is 5.20. The molecule has 0 saturated carbocycles.